The van der Waals surface area contributed by atoms with E-state index in [9.17, 15) is 4.79 Å². The number of piperidine rings is 1. The van der Waals surface area contributed by atoms with Crippen LogP contribution in [0.1, 0.15) is 18.4 Å². The zero-order valence-corrected chi connectivity index (χ0v) is 17.9. The minimum atomic E-state index is 0.102. The number of likely N-dealkylation sites (tertiary alicyclic amines) is 1. The van der Waals surface area contributed by atoms with Crippen molar-refractivity contribution in [3.05, 3.63) is 78.8 Å². The molecule has 162 valence electrons. The highest BCUT2D eigenvalue weighted by atomic mass is 16.2. The monoisotopic (exact) mass is 426 g/mol. The van der Waals surface area contributed by atoms with Crippen molar-refractivity contribution in [1.82, 2.24) is 24.6 Å². The first kappa shape index (κ1) is 20.2. The summed E-state index contributed by atoms with van der Waals surface area (Å²) < 4.78 is 1.78. The highest BCUT2D eigenvalue weighted by Crippen LogP contribution is 2.23. The molecule has 0 bridgehead atoms. The van der Waals surface area contributed by atoms with E-state index < -0.39 is 0 Å². The number of rotatable bonds is 6. The van der Waals surface area contributed by atoms with Crippen LogP contribution < -0.4 is 5.32 Å². The number of hydrogen-bond donors (Lipinski definition) is 1. The molecule has 0 spiro atoms. The van der Waals surface area contributed by atoms with Crippen molar-refractivity contribution in [3.63, 3.8) is 0 Å². The summed E-state index contributed by atoms with van der Waals surface area (Å²) in [5.74, 6) is 1.37. The van der Waals surface area contributed by atoms with Crippen molar-refractivity contribution in [3.8, 4) is 5.69 Å². The molecule has 0 atom stereocenters. The predicted molar refractivity (Wildman–Crippen MR) is 125 cm³/mol. The lowest BCUT2D eigenvalue weighted by Crippen LogP contribution is -2.41. The molecule has 4 aromatic rings. The lowest BCUT2D eigenvalue weighted by atomic mass is 9.90. The van der Waals surface area contributed by atoms with Crippen LogP contribution in [0.3, 0.4) is 0 Å². The van der Waals surface area contributed by atoms with Crippen molar-refractivity contribution in [2.45, 2.75) is 19.3 Å². The van der Waals surface area contributed by atoms with E-state index >= 15 is 0 Å². The number of para-hydroxylation sites is 1. The first-order valence-electron chi connectivity index (χ1n) is 11.1. The van der Waals surface area contributed by atoms with Gasteiger partial charge in [0.15, 0.2) is 5.65 Å². The summed E-state index contributed by atoms with van der Waals surface area (Å²) in [5.41, 5.74) is 3.02. The number of amides is 1. The number of benzene rings is 2. The molecular formula is C25H26N6O. The Hall–Kier alpha value is -3.74. The number of nitrogens with zero attached hydrogens (tertiary/aromatic N) is 5. The molecule has 0 radical (unpaired) electrons. The van der Waals surface area contributed by atoms with Crippen molar-refractivity contribution in [2.75, 3.05) is 25.0 Å². The van der Waals surface area contributed by atoms with E-state index in [1.165, 1.54) is 11.9 Å². The van der Waals surface area contributed by atoms with Gasteiger partial charge in [-0.05, 0) is 42.9 Å². The topological polar surface area (TPSA) is 75.9 Å². The third-order valence-electron chi connectivity index (χ3n) is 6.11. The van der Waals surface area contributed by atoms with Crippen LogP contribution in [0.15, 0.2) is 73.2 Å². The molecule has 1 amide bonds. The summed E-state index contributed by atoms with van der Waals surface area (Å²) in [6, 6.07) is 20.5. The SMILES string of the molecule is O=C(CNc1ncnc2c1cnn2-c1ccccc1)N1CCC(Cc2ccccc2)CC1. The van der Waals surface area contributed by atoms with Crippen molar-refractivity contribution in [2.24, 2.45) is 5.92 Å². The lowest BCUT2D eigenvalue weighted by Gasteiger charge is -2.32. The normalized spacial score (nSPS) is 14.6. The van der Waals surface area contributed by atoms with E-state index in [2.05, 4.69) is 50.7 Å². The van der Waals surface area contributed by atoms with Crippen LogP contribution in [0.2, 0.25) is 0 Å². The van der Waals surface area contributed by atoms with Crippen molar-refractivity contribution >= 4 is 22.8 Å². The molecule has 2 aromatic heterocycles. The smallest absolute Gasteiger partial charge is 0.241 e. The molecule has 2 aromatic carbocycles. The summed E-state index contributed by atoms with van der Waals surface area (Å²) in [5, 5.41) is 8.47. The summed E-state index contributed by atoms with van der Waals surface area (Å²) in [4.78, 5) is 23.5. The Morgan fingerprint density at radius 2 is 1.69 bits per heavy atom. The Morgan fingerprint density at radius 1 is 0.969 bits per heavy atom. The Labute approximate surface area is 187 Å². The van der Waals surface area contributed by atoms with Gasteiger partial charge in [0.05, 0.1) is 23.8 Å². The van der Waals surface area contributed by atoms with Gasteiger partial charge in [0.2, 0.25) is 5.91 Å². The van der Waals surface area contributed by atoms with Crippen LogP contribution in [0, 0.1) is 5.92 Å². The van der Waals surface area contributed by atoms with Gasteiger partial charge in [-0.15, -0.1) is 0 Å². The zero-order chi connectivity index (χ0) is 21.8. The maximum Gasteiger partial charge on any atom is 0.241 e. The molecule has 1 aliphatic rings. The Kier molecular flexibility index (Phi) is 5.79. The summed E-state index contributed by atoms with van der Waals surface area (Å²) >= 11 is 0. The fourth-order valence-corrected chi connectivity index (χ4v) is 4.35. The second kappa shape index (κ2) is 9.18. The van der Waals surface area contributed by atoms with Crippen LogP contribution >= 0.6 is 0 Å². The standard InChI is InChI=1S/C25H26N6O/c32-23(30-13-11-20(12-14-30)15-19-7-3-1-4-8-19)17-26-24-22-16-29-31(25(22)28-18-27-24)21-9-5-2-6-10-21/h1-10,16,18,20H,11-15,17H2,(H,26,27,28). The van der Waals surface area contributed by atoms with Crippen LogP contribution in [0.5, 0.6) is 0 Å². The Morgan fingerprint density at radius 3 is 2.44 bits per heavy atom. The predicted octanol–water partition coefficient (Wildman–Crippen LogP) is 3.71. The number of carbonyl (C=O) groups excluding carboxylic acids is 1. The quantitative estimate of drug-likeness (QED) is 0.509. The number of carbonyl (C=O) groups is 1. The first-order valence-corrected chi connectivity index (χ1v) is 11.1. The number of nitrogens with one attached hydrogen (secondary N) is 1. The van der Waals surface area contributed by atoms with Gasteiger partial charge >= 0.3 is 0 Å². The lowest BCUT2D eigenvalue weighted by molar-refractivity contribution is -0.130. The molecule has 3 heterocycles. The van der Waals surface area contributed by atoms with Gasteiger partial charge in [0.25, 0.3) is 0 Å². The number of anilines is 1. The fraction of sp³-hybridized carbons (Fsp3) is 0.280. The van der Waals surface area contributed by atoms with Gasteiger partial charge in [-0.1, -0.05) is 48.5 Å². The Balaban J connectivity index is 1.19. The number of fused-ring (bicyclic) bond motifs is 1. The van der Waals surface area contributed by atoms with Crippen LogP contribution in [0.4, 0.5) is 5.82 Å². The molecule has 1 N–H and O–H groups in total. The molecule has 7 heteroatoms. The summed E-state index contributed by atoms with van der Waals surface area (Å²) in [6.07, 6.45) is 6.42. The van der Waals surface area contributed by atoms with E-state index in [0.29, 0.717) is 17.4 Å². The average molecular weight is 427 g/mol. The largest absolute Gasteiger partial charge is 0.360 e. The van der Waals surface area contributed by atoms with E-state index in [0.717, 1.165) is 43.4 Å². The molecular weight excluding hydrogens is 400 g/mol. The van der Waals surface area contributed by atoms with E-state index in [-0.39, 0.29) is 12.5 Å². The molecule has 0 aliphatic carbocycles. The third-order valence-corrected chi connectivity index (χ3v) is 6.11. The molecule has 0 saturated carbocycles. The van der Waals surface area contributed by atoms with Gasteiger partial charge in [-0.2, -0.15) is 5.10 Å². The van der Waals surface area contributed by atoms with Crippen LogP contribution in [-0.2, 0) is 11.2 Å². The highest BCUT2D eigenvalue weighted by molar-refractivity contribution is 5.89. The number of aromatic nitrogens is 4. The molecule has 1 aliphatic heterocycles. The highest BCUT2D eigenvalue weighted by Gasteiger charge is 2.23. The van der Waals surface area contributed by atoms with Gasteiger partial charge in [0.1, 0.15) is 12.1 Å². The van der Waals surface area contributed by atoms with Gasteiger partial charge in [-0.3, -0.25) is 4.79 Å². The van der Waals surface area contributed by atoms with E-state index in [1.807, 2.05) is 35.2 Å². The van der Waals surface area contributed by atoms with Crippen LogP contribution in [0.25, 0.3) is 16.7 Å². The summed E-state index contributed by atoms with van der Waals surface area (Å²) in [6.45, 7) is 1.83. The second-order valence-corrected chi connectivity index (χ2v) is 8.22. The minimum absolute atomic E-state index is 0.102. The molecule has 0 unspecified atom stereocenters. The van der Waals surface area contributed by atoms with E-state index in [4.69, 9.17) is 0 Å². The first-order chi connectivity index (χ1) is 15.8. The maximum absolute atomic E-state index is 12.8. The fourth-order valence-electron chi connectivity index (χ4n) is 4.35. The van der Waals surface area contributed by atoms with Gasteiger partial charge in [-0.25, -0.2) is 14.6 Å². The average Bonchev–Trinajstić information content (AvgIpc) is 3.29. The maximum atomic E-state index is 12.8. The Bertz CT molecular complexity index is 1180. The van der Waals surface area contributed by atoms with Crippen LogP contribution in [-0.4, -0.2) is 50.2 Å². The minimum Gasteiger partial charge on any atom is -0.360 e. The third kappa shape index (κ3) is 4.32. The number of hydrogen-bond acceptors (Lipinski definition) is 5. The molecule has 5 rings (SSSR count). The van der Waals surface area contributed by atoms with Crippen molar-refractivity contribution < 1.29 is 4.79 Å². The molecule has 32 heavy (non-hydrogen) atoms. The second-order valence-electron chi connectivity index (χ2n) is 8.22. The molecule has 1 saturated heterocycles. The van der Waals surface area contributed by atoms with Gasteiger partial charge in [0, 0.05) is 13.1 Å². The van der Waals surface area contributed by atoms with Gasteiger partial charge < -0.3 is 10.2 Å². The van der Waals surface area contributed by atoms with Crippen molar-refractivity contribution in [1.29, 1.82) is 0 Å². The molecule has 1 fully saturated rings. The zero-order valence-electron chi connectivity index (χ0n) is 17.9. The molecule has 7 nitrogen and oxygen atoms in total. The summed E-state index contributed by atoms with van der Waals surface area (Å²) in [7, 11) is 0. The van der Waals surface area contributed by atoms with E-state index in [1.54, 1.807) is 10.9 Å².